The lowest BCUT2D eigenvalue weighted by Gasteiger charge is -2.34. The van der Waals surface area contributed by atoms with E-state index >= 15 is 0 Å². The van der Waals surface area contributed by atoms with Gasteiger partial charge in [0.2, 0.25) is 5.91 Å². The van der Waals surface area contributed by atoms with E-state index in [1.807, 2.05) is 4.90 Å². The van der Waals surface area contributed by atoms with Crippen LogP contribution in [0.15, 0.2) is 36.6 Å². The summed E-state index contributed by atoms with van der Waals surface area (Å²) in [6.45, 7) is 10.4. The average molecular weight is 360 g/mol. The third-order valence-electron chi connectivity index (χ3n) is 5.48. The Morgan fingerprint density at radius 2 is 1.73 bits per heavy atom. The first kappa shape index (κ1) is 22.7. The number of hydrogen-bond acceptors (Lipinski definition) is 1. The molecule has 1 rings (SSSR count). The first-order valence-electron chi connectivity index (χ1n) is 10.9. The SMILES string of the molecule is C=C(CCCCCCCCCC)N(C(C)=O)[C@H](CC)CC1C=CC=CC1. The van der Waals surface area contributed by atoms with E-state index in [4.69, 9.17) is 0 Å². The van der Waals surface area contributed by atoms with Crippen LogP contribution in [0.5, 0.6) is 0 Å². The normalized spacial score (nSPS) is 17.3. The monoisotopic (exact) mass is 359 g/mol. The lowest BCUT2D eigenvalue weighted by Crippen LogP contribution is -2.38. The average Bonchev–Trinajstić information content (AvgIpc) is 2.63. The molecule has 0 fully saturated rings. The standard InChI is InChI=1S/C24H41NO/c1-5-7-8-9-10-11-12-14-17-21(3)25(22(4)26)24(6-2)20-23-18-15-13-16-19-23/h13,15-16,18,23-24H,3,5-12,14,17,19-20H2,1-2,4H3/t23?,24-/m1/s1. The van der Waals surface area contributed by atoms with E-state index in [1.165, 1.54) is 44.9 Å². The third kappa shape index (κ3) is 8.87. The highest BCUT2D eigenvalue weighted by atomic mass is 16.2. The summed E-state index contributed by atoms with van der Waals surface area (Å²) in [5.74, 6) is 0.694. The van der Waals surface area contributed by atoms with E-state index in [-0.39, 0.29) is 11.9 Å². The van der Waals surface area contributed by atoms with Crippen LogP contribution in [0.1, 0.15) is 97.8 Å². The molecule has 26 heavy (non-hydrogen) atoms. The fourth-order valence-corrected chi connectivity index (χ4v) is 3.93. The Balaban J connectivity index is 2.38. The summed E-state index contributed by atoms with van der Waals surface area (Å²) in [4.78, 5) is 14.3. The van der Waals surface area contributed by atoms with Crippen LogP contribution in [-0.4, -0.2) is 16.8 Å². The lowest BCUT2D eigenvalue weighted by molar-refractivity contribution is -0.129. The molecule has 0 heterocycles. The molecule has 0 spiro atoms. The molecule has 1 aliphatic carbocycles. The van der Waals surface area contributed by atoms with Crippen molar-refractivity contribution in [3.8, 4) is 0 Å². The molecule has 0 aromatic rings. The summed E-state index contributed by atoms with van der Waals surface area (Å²) < 4.78 is 0. The Bertz CT molecular complexity index is 463. The molecular weight excluding hydrogens is 318 g/mol. The fourth-order valence-electron chi connectivity index (χ4n) is 3.93. The van der Waals surface area contributed by atoms with Gasteiger partial charge in [-0.2, -0.15) is 0 Å². The fraction of sp³-hybridized carbons (Fsp3) is 0.708. The van der Waals surface area contributed by atoms with Crippen molar-refractivity contribution in [2.24, 2.45) is 5.92 Å². The first-order valence-corrected chi connectivity index (χ1v) is 10.9. The molecule has 0 radical (unpaired) electrons. The van der Waals surface area contributed by atoms with E-state index < -0.39 is 0 Å². The Morgan fingerprint density at radius 1 is 1.08 bits per heavy atom. The first-order chi connectivity index (χ1) is 12.6. The molecule has 1 unspecified atom stereocenters. The summed E-state index contributed by atoms with van der Waals surface area (Å²) in [6.07, 6.45) is 23.3. The summed E-state index contributed by atoms with van der Waals surface area (Å²) in [5, 5.41) is 0. The topological polar surface area (TPSA) is 20.3 Å². The van der Waals surface area contributed by atoms with Gasteiger partial charge in [-0.15, -0.1) is 0 Å². The number of allylic oxidation sites excluding steroid dienone is 5. The van der Waals surface area contributed by atoms with Crippen molar-refractivity contribution >= 4 is 5.91 Å². The molecule has 0 aromatic heterocycles. The van der Waals surface area contributed by atoms with Crippen LogP contribution >= 0.6 is 0 Å². The molecule has 1 amide bonds. The molecule has 0 saturated carbocycles. The van der Waals surface area contributed by atoms with Crippen LogP contribution in [0.4, 0.5) is 0 Å². The summed E-state index contributed by atoms with van der Waals surface area (Å²) in [5.41, 5.74) is 1.02. The highest BCUT2D eigenvalue weighted by Crippen LogP contribution is 2.26. The molecule has 0 N–H and O–H groups in total. The van der Waals surface area contributed by atoms with Crippen molar-refractivity contribution in [2.45, 2.75) is 104 Å². The molecule has 0 saturated heterocycles. The number of carbonyl (C=O) groups excluding carboxylic acids is 1. The second-order valence-corrected chi connectivity index (χ2v) is 7.79. The largest absolute Gasteiger partial charge is 0.314 e. The number of carbonyl (C=O) groups is 1. The minimum Gasteiger partial charge on any atom is -0.314 e. The van der Waals surface area contributed by atoms with E-state index in [0.29, 0.717) is 5.92 Å². The lowest BCUT2D eigenvalue weighted by atomic mass is 9.91. The van der Waals surface area contributed by atoms with Gasteiger partial charge in [-0.25, -0.2) is 0 Å². The zero-order chi connectivity index (χ0) is 19.2. The zero-order valence-corrected chi connectivity index (χ0v) is 17.5. The Morgan fingerprint density at radius 3 is 2.27 bits per heavy atom. The predicted octanol–water partition coefficient (Wildman–Crippen LogP) is 7.18. The maximum absolute atomic E-state index is 12.3. The van der Waals surface area contributed by atoms with Crippen molar-refractivity contribution in [3.05, 3.63) is 36.6 Å². The molecule has 1 aliphatic rings. The Kier molecular flexibility index (Phi) is 12.1. The summed E-state index contributed by atoms with van der Waals surface area (Å²) >= 11 is 0. The van der Waals surface area contributed by atoms with E-state index in [1.54, 1.807) is 6.92 Å². The molecular formula is C24H41NO. The van der Waals surface area contributed by atoms with Gasteiger partial charge in [0.25, 0.3) is 0 Å². The minimum absolute atomic E-state index is 0.150. The molecule has 2 atom stereocenters. The summed E-state index contributed by atoms with van der Waals surface area (Å²) in [7, 11) is 0. The van der Waals surface area contributed by atoms with Gasteiger partial charge in [0, 0.05) is 18.7 Å². The number of amides is 1. The van der Waals surface area contributed by atoms with Gasteiger partial charge in [0.15, 0.2) is 0 Å². The number of rotatable bonds is 14. The quantitative estimate of drug-likeness (QED) is 0.301. The maximum Gasteiger partial charge on any atom is 0.223 e. The van der Waals surface area contributed by atoms with Crippen molar-refractivity contribution < 1.29 is 4.79 Å². The smallest absolute Gasteiger partial charge is 0.223 e. The van der Waals surface area contributed by atoms with Crippen LogP contribution in [0, 0.1) is 5.92 Å². The van der Waals surface area contributed by atoms with Gasteiger partial charge < -0.3 is 4.90 Å². The summed E-state index contributed by atoms with van der Waals surface area (Å²) in [6, 6.07) is 0.273. The van der Waals surface area contributed by atoms with Crippen LogP contribution in [0.3, 0.4) is 0 Å². The van der Waals surface area contributed by atoms with Crippen molar-refractivity contribution in [1.29, 1.82) is 0 Å². The molecule has 2 nitrogen and oxygen atoms in total. The van der Waals surface area contributed by atoms with Crippen LogP contribution in [0.2, 0.25) is 0 Å². The van der Waals surface area contributed by atoms with Crippen LogP contribution < -0.4 is 0 Å². The third-order valence-corrected chi connectivity index (χ3v) is 5.48. The molecule has 2 heteroatoms. The van der Waals surface area contributed by atoms with Gasteiger partial charge >= 0.3 is 0 Å². The second kappa shape index (κ2) is 13.8. The van der Waals surface area contributed by atoms with Gasteiger partial charge in [-0.05, 0) is 38.0 Å². The van der Waals surface area contributed by atoms with Crippen LogP contribution in [-0.2, 0) is 4.79 Å². The number of unbranched alkanes of at least 4 members (excludes halogenated alkanes) is 7. The highest BCUT2D eigenvalue weighted by Gasteiger charge is 2.24. The van der Waals surface area contributed by atoms with E-state index in [2.05, 4.69) is 44.7 Å². The molecule has 0 aliphatic heterocycles. The maximum atomic E-state index is 12.3. The van der Waals surface area contributed by atoms with Gasteiger partial charge in [-0.3, -0.25) is 4.79 Å². The molecule has 0 bridgehead atoms. The number of nitrogens with zero attached hydrogens (tertiary/aromatic N) is 1. The van der Waals surface area contributed by atoms with Gasteiger partial charge in [-0.1, -0.05) is 89.7 Å². The van der Waals surface area contributed by atoms with Crippen LogP contribution in [0.25, 0.3) is 0 Å². The highest BCUT2D eigenvalue weighted by molar-refractivity contribution is 5.75. The minimum atomic E-state index is 0.150. The Hall–Kier alpha value is -1.31. The molecule has 148 valence electrons. The Labute approximate surface area is 162 Å². The van der Waals surface area contributed by atoms with E-state index in [0.717, 1.165) is 37.8 Å². The predicted molar refractivity (Wildman–Crippen MR) is 114 cm³/mol. The van der Waals surface area contributed by atoms with E-state index in [9.17, 15) is 4.79 Å². The zero-order valence-electron chi connectivity index (χ0n) is 17.5. The van der Waals surface area contributed by atoms with Gasteiger partial charge in [0.05, 0.1) is 0 Å². The van der Waals surface area contributed by atoms with Crippen molar-refractivity contribution in [2.75, 3.05) is 0 Å². The number of hydrogen-bond donors (Lipinski definition) is 0. The van der Waals surface area contributed by atoms with Gasteiger partial charge in [0.1, 0.15) is 0 Å². The van der Waals surface area contributed by atoms with Crippen molar-refractivity contribution in [3.63, 3.8) is 0 Å². The van der Waals surface area contributed by atoms with Crippen molar-refractivity contribution in [1.82, 2.24) is 4.90 Å². The second-order valence-electron chi connectivity index (χ2n) is 7.79. The molecule has 0 aromatic carbocycles.